The van der Waals surface area contributed by atoms with Gasteiger partial charge in [0.1, 0.15) is 5.82 Å². The number of pyridine rings is 1. The van der Waals surface area contributed by atoms with E-state index in [-0.39, 0.29) is 0 Å². The van der Waals surface area contributed by atoms with Crippen LogP contribution >= 0.6 is 11.6 Å². The third-order valence-corrected chi connectivity index (χ3v) is 1.65. The molecule has 1 aromatic heterocycles. The molecule has 1 rings (SSSR count). The van der Waals surface area contributed by atoms with E-state index in [0.29, 0.717) is 23.1 Å². The van der Waals surface area contributed by atoms with Crippen molar-refractivity contribution in [3.63, 3.8) is 0 Å². The second-order valence-corrected chi connectivity index (χ2v) is 3.30. The lowest BCUT2D eigenvalue weighted by atomic mass is 10.3. The van der Waals surface area contributed by atoms with Gasteiger partial charge in [0.2, 0.25) is 0 Å². The van der Waals surface area contributed by atoms with Crippen LogP contribution in [0.5, 0.6) is 0 Å². The Balaban J connectivity index is 2.75. The summed E-state index contributed by atoms with van der Waals surface area (Å²) in [5.41, 5.74) is 7.21. The average molecular weight is 198 g/mol. The number of nitrogen functional groups attached to an aromatic ring is 1. The van der Waals surface area contributed by atoms with Gasteiger partial charge in [-0.3, -0.25) is 0 Å². The molecule has 3 N–H and O–H groups in total. The van der Waals surface area contributed by atoms with Crippen LogP contribution in [0.3, 0.4) is 0 Å². The van der Waals surface area contributed by atoms with E-state index in [9.17, 15) is 0 Å². The van der Waals surface area contributed by atoms with Gasteiger partial charge in [0.25, 0.3) is 0 Å². The number of hydrogen-bond donors (Lipinski definition) is 2. The molecule has 1 heterocycles. The number of nitrogens with two attached hydrogens (primary N) is 1. The van der Waals surface area contributed by atoms with Gasteiger partial charge in [0, 0.05) is 10.7 Å². The van der Waals surface area contributed by atoms with Gasteiger partial charge in [-0.15, -0.1) is 0 Å². The van der Waals surface area contributed by atoms with Gasteiger partial charge in [0.05, 0.1) is 12.2 Å². The lowest BCUT2D eigenvalue weighted by molar-refractivity contribution is 1.16. The highest BCUT2D eigenvalue weighted by Crippen LogP contribution is 2.15. The highest BCUT2D eigenvalue weighted by molar-refractivity contribution is 6.29. The number of nitrogens with one attached hydrogen (secondary N) is 1. The fraction of sp³-hybridized carbons (Fsp3) is 0.222. The molecule has 0 saturated heterocycles. The van der Waals surface area contributed by atoms with Gasteiger partial charge >= 0.3 is 0 Å². The summed E-state index contributed by atoms with van der Waals surface area (Å²) in [5.74, 6) is 0.654. The molecule has 0 unspecified atom stereocenters. The molecule has 70 valence electrons. The van der Waals surface area contributed by atoms with Crippen LogP contribution in [0.25, 0.3) is 0 Å². The summed E-state index contributed by atoms with van der Waals surface area (Å²) in [7, 11) is 0. The maximum Gasteiger partial charge on any atom is 0.149 e. The Morgan fingerprint density at radius 2 is 2.38 bits per heavy atom. The fourth-order valence-corrected chi connectivity index (χ4v) is 0.956. The van der Waals surface area contributed by atoms with E-state index in [4.69, 9.17) is 17.3 Å². The van der Waals surface area contributed by atoms with Crippen molar-refractivity contribution in [2.75, 3.05) is 17.6 Å². The Bertz CT molecular complexity index is 323. The molecule has 3 nitrogen and oxygen atoms in total. The zero-order valence-electron chi connectivity index (χ0n) is 7.47. The lowest BCUT2D eigenvalue weighted by Gasteiger charge is -2.07. The van der Waals surface area contributed by atoms with E-state index < -0.39 is 0 Å². The molecule has 0 aliphatic rings. The van der Waals surface area contributed by atoms with Crippen LogP contribution in [0, 0.1) is 6.92 Å². The van der Waals surface area contributed by atoms with E-state index in [1.54, 1.807) is 0 Å². The molecule has 0 amide bonds. The molecular formula is C9H12ClN3. The first-order valence-electron chi connectivity index (χ1n) is 3.90. The van der Waals surface area contributed by atoms with Gasteiger partial charge in [-0.25, -0.2) is 4.98 Å². The molecule has 0 saturated carbocycles. The summed E-state index contributed by atoms with van der Waals surface area (Å²) < 4.78 is 0. The molecule has 0 radical (unpaired) electrons. The Hall–Kier alpha value is -1.22. The Morgan fingerprint density at radius 1 is 1.69 bits per heavy atom. The Kier molecular flexibility index (Phi) is 3.14. The van der Waals surface area contributed by atoms with E-state index in [0.717, 1.165) is 5.69 Å². The molecule has 0 spiro atoms. The zero-order valence-corrected chi connectivity index (χ0v) is 8.23. The molecule has 0 aliphatic carbocycles. The van der Waals surface area contributed by atoms with Gasteiger partial charge < -0.3 is 11.1 Å². The minimum absolute atomic E-state index is 0.474. The summed E-state index contributed by atoms with van der Waals surface area (Å²) in [6, 6.07) is 3.66. The van der Waals surface area contributed by atoms with Gasteiger partial charge in [-0.05, 0) is 19.1 Å². The number of nitrogens with zero attached hydrogens (tertiary/aromatic N) is 1. The number of aromatic nitrogens is 1. The summed E-state index contributed by atoms with van der Waals surface area (Å²) >= 11 is 5.59. The maximum absolute atomic E-state index is 5.68. The van der Waals surface area contributed by atoms with Gasteiger partial charge in [-0.1, -0.05) is 18.2 Å². The van der Waals surface area contributed by atoms with Crippen molar-refractivity contribution in [1.29, 1.82) is 0 Å². The number of anilines is 2. The normalized spacial score (nSPS) is 9.69. The summed E-state index contributed by atoms with van der Waals surface area (Å²) in [6.07, 6.45) is 0. The molecular weight excluding hydrogens is 186 g/mol. The quantitative estimate of drug-likeness (QED) is 0.781. The van der Waals surface area contributed by atoms with Gasteiger partial charge in [-0.2, -0.15) is 0 Å². The fourth-order valence-electron chi connectivity index (χ4n) is 0.889. The van der Waals surface area contributed by atoms with Crippen molar-refractivity contribution in [2.24, 2.45) is 0 Å². The molecule has 0 atom stereocenters. The van der Waals surface area contributed by atoms with E-state index in [2.05, 4.69) is 16.9 Å². The summed E-state index contributed by atoms with van der Waals surface area (Å²) in [5, 5.41) is 3.52. The first-order valence-corrected chi connectivity index (χ1v) is 4.27. The summed E-state index contributed by atoms with van der Waals surface area (Å²) in [4.78, 5) is 4.21. The smallest absolute Gasteiger partial charge is 0.149 e. The molecule has 0 aliphatic heterocycles. The average Bonchev–Trinajstić information content (AvgIpc) is 2.06. The Morgan fingerprint density at radius 3 is 3.00 bits per heavy atom. The van der Waals surface area contributed by atoms with Crippen LogP contribution in [0.4, 0.5) is 11.5 Å². The minimum Gasteiger partial charge on any atom is -0.396 e. The number of hydrogen-bond acceptors (Lipinski definition) is 3. The van der Waals surface area contributed by atoms with E-state index in [1.165, 1.54) is 0 Å². The second-order valence-electron chi connectivity index (χ2n) is 2.76. The first kappa shape index (κ1) is 9.86. The van der Waals surface area contributed by atoms with Crippen molar-refractivity contribution >= 4 is 23.1 Å². The highest BCUT2D eigenvalue weighted by Gasteiger charge is 1.99. The van der Waals surface area contributed by atoms with Crippen LogP contribution in [-0.2, 0) is 0 Å². The van der Waals surface area contributed by atoms with Gasteiger partial charge in [0.15, 0.2) is 0 Å². The van der Waals surface area contributed by atoms with Crippen molar-refractivity contribution in [1.82, 2.24) is 4.98 Å². The van der Waals surface area contributed by atoms with Crippen molar-refractivity contribution in [2.45, 2.75) is 6.92 Å². The third kappa shape index (κ3) is 2.95. The van der Waals surface area contributed by atoms with Crippen LogP contribution in [-0.4, -0.2) is 11.5 Å². The third-order valence-electron chi connectivity index (χ3n) is 1.51. The molecule has 13 heavy (non-hydrogen) atoms. The van der Waals surface area contributed by atoms with E-state index in [1.807, 2.05) is 19.1 Å². The van der Waals surface area contributed by atoms with Crippen LogP contribution in [0.2, 0.25) is 0 Å². The minimum atomic E-state index is 0.474. The molecule has 4 heteroatoms. The number of halogens is 1. The molecule has 0 bridgehead atoms. The largest absolute Gasteiger partial charge is 0.396 e. The molecule has 0 aromatic carbocycles. The Labute approximate surface area is 82.6 Å². The van der Waals surface area contributed by atoms with Crippen molar-refractivity contribution < 1.29 is 0 Å². The highest BCUT2D eigenvalue weighted by atomic mass is 35.5. The van der Waals surface area contributed by atoms with E-state index >= 15 is 0 Å². The number of rotatable bonds is 3. The predicted molar refractivity (Wildman–Crippen MR) is 56.9 cm³/mol. The monoisotopic (exact) mass is 197 g/mol. The van der Waals surface area contributed by atoms with Crippen LogP contribution < -0.4 is 11.1 Å². The lowest BCUT2D eigenvalue weighted by Crippen LogP contribution is -2.06. The predicted octanol–water partition coefficient (Wildman–Crippen LogP) is 2.14. The zero-order chi connectivity index (χ0) is 9.84. The SMILES string of the molecule is C=C(Cl)CNc1nc(C)ccc1N. The number of aryl methyl sites for hydroxylation is 1. The standard InChI is InChI=1S/C9H12ClN3/c1-6(10)5-12-9-8(11)4-3-7(2)13-9/h3-4H,1,5,11H2,2H3,(H,12,13). The topological polar surface area (TPSA) is 50.9 Å². The van der Waals surface area contributed by atoms with Crippen molar-refractivity contribution in [3.8, 4) is 0 Å². The maximum atomic E-state index is 5.68. The first-order chi connectivity index (χ1) is 6.09. The van der Waals surface area contributed by atoms with Crippen LogP contribution in [0.1, 0.15) is 5.69 Å². The summed E-state index contributed by atoms with van der Waals surface area (Å²) in [6.45, 7) is 5.93. The second kappa shape index (κ2) is 4.14. The molecule has 0 fully saturated rings. The van der Waals surface area contributed by atoms with Crippen LogP contribution in [0.15, 0.2) is 23.7 Å². The van der Waals surface area contributed by atoms with Crippen molar-refractivity contribution in [3.05, 3.63) is 29.4 Å². The molecule has 1 aromatic rings.